The third-order valence-electron chi connectivity index (χ3n) is 3.76. The van der Waals surface area contributed by atoms with E-state index in [4.69, 9.17) is 4.74 Å². The maximum atomic E-state index is 12.6. The maximum absolute atomic E-state index is 12.6. The first kappa shape index (κ1) is 13.6. The zero-order chi connectivity index (χ0) is 14.8. The molecule has 2 heterocycles. The molecule has 1 fully saturated rings. The fourth-order valence-electron chi connectivity index (χ4n) is 2.73. The number of carbonyl (C=O) groups is 2. The van der Waals surface area contributed by atoms with Crippen molar-refractivity contribution < 1.29 is 14.3 Å². The number of carbonyl (C=O) groups excluding carboxylic acids is 2. The molecule has 6 heteroatoms. The zero-order valence-corrected chi connectivity index (χ0v) is 11.8. The molecule has 0 spiro atoms. The molecular weight excluding hydrogens is 270 g/mol. The van der Waals surface area contributed by atoms with Crippen molar-refractivity contribution in [3.63, 3.8) is 0 Å². The number of hydrogen-bond acceptors (Lipinski definition) is 4. The van der Waals surface area contributed by atoms with Crippen molar-refractivity contribution in [3.05, 3.63) is 30.0 Å². The van der Waals surface area contributed by atoms with E-state index in [0.717, 1.165) is 17.3 Å². The van der Waals surface area contributed by atoms with Gasteiger partial charge in [-0.1, -0.05) is 0 Å². The van der Waals surface area contributed by atoms with Gasteiger partial charge in [0.05, 0.1) is 18.3 Å². The first-order chi connectivity index (χ1) is 10.2. The van der Waals surface area contributed by atoms with Crippen molar-refractivity contribution in [2.45, 2.75) is 25.8 Å². The molecule has 1 amide bonds. The van der Waals surface area contributed by atoms with Crippen LogP contribution in [-0.2, 0) is 9.53 Å². The highest BCUT2D eigenvalue weighted by Crippen LogP contribution is 2.22. The first-order valence-electron chi connectivity index (χ1n) is 7.11. The Morgan fingerprint density at radius 1 is 1.48 bits per heavy atom. The Kier molecular flexibility index (Phi) is 3.60. The molecule has 1 aromatic heterocycles. The van der Waals surface area contributed by atoms with E-state index in [1.807, 2.05) is 6.07 Å². The summed E-state index contributed by atoms with van der Waals surface area (Å²) in [7, 11) is 0. The van der Waals surface area contributed by atoms with Crippen molar-refractivity contribution in [2.24, 2.45) is 0 Å². The molecule has 6 nitrogen and oxygen atoms in total. The lowest BCUT2D eigenvalue weighted by Gasteiger charge is -2.23. The van der Waals surface area contributed by atoms with Crippen LogP contribution in [0.2, 0.25) is 0 Å². The van der Waals surface area contributed by atoms with Crippen LogP contribution in [0.5, 0.6) is 0 Å². The smallest absolute Gasteiger partial charge is 0.328 e. The van der Waals surface area contributed by atoms with Gasteiger partial charge in [0.2, 0.25) is 0 Å². The minimum atomic E-state index is -0.461. The topological polar surface area (TPSA) is 75.3 Å². The second-order valence-corrected chi connectivity index (χ2v) is 5.08. The number of aromatic nitrogens is 2. The lowest BCUT2D eigenvalue weighted by molar-refractivity contribution is -0.147. The number of H-pyrrole nitrogens is 1. The van der Waals surface area contributed by atoms with E-state index in [1.54, 1.807) is 30.2 Å². The van der Waals surface area contributed by atoms with Crippen LogP contribution in [-0.4, -0.2) is 46.2 Å². The van der Waals surface area contributed by atoms with E-state index < -0.39 is 6.04 Å². The summed E-state index contributed by atoms with van der Waals surface area (Å²) in [5, 5.41) is 7.67. The summed E-state index contributed by atoms with van der Waals surface area (Å²) in [4.78, 5) is 26.2. The standard InChI is InChI=1S/C15H17N3O3/c1-2-21-15(20)13-4-3-7-18(13)14(19)10-5-6-12-11(8-10)9-16-17-12/h5-6,8-9,13H,2-4,7H2,1H3,(H,16,17). The molecule has 1 aromatic carbocycles. The van der Waals surface area contributed by atoms with Crippen LogP contribution in [0.4, 0.5) is 0 Å². The lowest BCUT2D eigenvalue weighted by Crippen LogP contribution is -2.41. The van der Waals surface area contributed by atoms with Crippen molar-refractivity contribution in [3.8, 4) is 0 Å². The molecule has 1 atom stereocenters. The van der Waals surface area contributed by atoms with E-state index in [-0.39, 0.29) is 11.9 Å². The number of benzene rings is 1. The van der Waals surface area contributed by atoms with Gasteiger partial charge in [0, 0.05) is 17.5 Å². The second kappa shape index (κ2) is 5.55. The summed E-state index contributed by atoms with van der Waals surface area (Å²) in [6.45, 7) is 2.69. The van der Waals surface area contributed by atoms with Crippen molar-refractivity contribution >= 4 is 22.8 Å². The molecule has 3 rings (SSSR count). The monoisotopic (exact) mass is 287 g/mol. The molecule has 21 heavy (non-hydrogen) atoms. The highest BCUT2D eigenvalue weighted by atomic mass is 16.5. The van der Waals surface area contributed by atoms with Crippen molar-refractivity contribution in [1.82, 2.24) is 15.1 Å². The van der Waals surface area contributed by atoms with Gasteiger partial charge in [-0.3, -0.25) is 9.89 Å². The number of fused-ring (bicyclic) bond motifs is 1. The number of esters is 1. The summed E-state index contributed by atoms with van der Waals surface area (Å²) in [6, 6.07) is 4.91. The minimum absolute atomic E-state index is 0.131. The van der Waals surface area contributed by atoms with Crippen LogP contribution in [0.3, 0.4) is 0 Å². The summed E-state index contributed by atoms with van der Waals surface area (Å²) < 4.78 is 5.05. The first-order valence-corrected chi connectivity index (χ1v) is 7.11. The molecule has 1 aliphatic heterocycles. The van der Waals surface area contributed by atoms with E-state index in [1.165, 1.54) is 0 Å². The quantitative estimate of drug-likeness (QED) is 0.872. The van der Waals surface area contributed by atoms with Crippen LogP contribution in [0.15, 0.2) is 24.4 Å². The van der Waals surface area contributed by atoms with Gasteiger partial charge in [0.25, 0.3) is 5.91 Å². The normalized spacial score (nSPS) is 18.1. The minimum Gasteiger partial charge on any atom is -0.464 e. The average molecular weight is 287 g/mol. The Morgan fingerprint density at radius 3 is 3.14 bits per heavy atom. The summed E-state index contributed by atoms with van der Waals surface area (Å²) in [5.74, 6) is -0.443. The van der Waals surface area contributed by atoms with Crippen LogP contribution in [0.1, 0.15) is 30.1 Å². The summed E-state index contributed by atoms with van der Waals surface area (Å²) in [6.07, 6.45) is 3.17. The molecule has 1 unspecified atom stereocenters. The summed E-state index contributed by atoms with van der Waals surface area (Å²) >= 11 is 0. The number of aromatic amines is 1. The van der Waals surface area contributed by atoms with Crippen LogP contribution in [0, 0.1) is 0 Å². The van der Waals surface area contributed by atoms with Crippen LogP contribution >= 0.6 is 0 Å². The molecule has 110 valence electrons. The van der Waals surface area contributed by atoms with E-state index >= 15 is 0 Å². The Morgan fingerprint density at radius 2 is 2.33 bits per heavy atom. The van der Waals surface area contributed by atoms with Gasteiger partial charge in [-0.05, 0) is 38.0 Å². The largest absolute Gasteiger partial charge is 0.464 e. The Labute approximate surface area is 122 Å². The maximum Gasteiger partial charge on any atom is 0.328 e. The van der Waals surface area contributed by atoms with Gasteiger partial charge in [-0.25, -0.2) is 4.79 Å². The Bertz CT molecular complexity index is 680. The number of nitrogens with zero attached hydrogens (tertiary/aromatic N) is 2. The number of hydrogen-bond donors (Lipinski definition) is 1. The van der Waals surface area contributed by atoms with Gasteiger partial charge in [0.1, 0.15) is 6.04 Å². The highest BCUT2D eigenvalue weighted by Gasteiger charge is 2.35. The predicted octanol–water partition coefficient (Wildman–Crippen LogP) is 1.73. The van der Waals surface area contributed by atoms with Crippen molar-refractivity contribution in [2.75, 3.05) is 13.2 Å². The fraction of sp³-hybridized carbons (Fsp3) is 0.400. The Hall–Kier alpha value is -2.37. The van der Waals surface area contributed by atoms with Crippen LogP contribution in [0.25, 0.3) is 10.9 Å². The molecular formula is C15H17N3O3. The molecule has 0 aliphatic carbocycles. The van der Waals surface area contributed by atoms with Crippen LogP contribution < -0.4 is 0 Å². The third-order valence-corrected chi connectivity index (χ3v) is 3.76. The van der Waals surface area contributed by atoms with Gasteiger partial charge in [-0.2, -0.15) is 5.10 Å². The lowest BCUT2D eigenvalue weighted by atomic mass is 10.1. The molecule has 2 aromatic rings. The molecule has 1 aliphatic rings. The molecule has 0 radical (unpaired) electrons. The number of nitrogens with one attached hydrogen (secondary N) is 1. The second-order valence-electron chi connectivity index (χ2n) is 5.08. The van der Waals surface area contributed by atoms with E-state index in [0.29, 0.717) is 25.1 Å². The van der Waals surface area contributed by atoms with E-state index in [9.17, 15) is 9.59 Å². The zero-order valence-electron chi connectivity index (χ0n) is 11.8. The SMILES string of the molecule is CCOC(=O)C1CCCN1C(=O)c1ccc2[nH]ncc2c1. The number of likely N-dealkylation sites (tertiary alicyclic amines) is 1. The summed E-state index contributed by atoms with van der Waals surface area (Å²) in [5.41, 5.74) is 1.45. The number of ether oxygens (including phenoxy) is 1. The Balaban J connectivity index is 1.84. The van der Waals surface area contributed by atoms with E-state index in [2.05, 4.69) is 10.2 Å². The highest BCUT2D eigenvalue weighted by molar-refractivity contribution is 6.00. The molecule has 1 saturated heterocycles. The molecule has 1 N–H and O–H groups in total. The van der Waals surface area contributed by atoms with Gasteiger partial charge < -0.3 is 9.64 Å². The van der Waals surface area contributed by atoms with Gasteiger partial charge in [0.15, 0.2) is 0 Å². The number of rotatable bonds is 3. The third kappa shape index (κ3) is 2.49. The molecule has 0 saturated carbocycles. The molecule has 0 bridgehead atoms. The fourth-order valence-corrected chi connectivity index (χ4v) is 2.73. The van der Waals surface area contributed by atoms with Gasteiger partial charge in [-0.15, -0.1) is 0 Å². The average Bonchev–Trinajstić information content (AvgIpc) is 3.14. The van der Waals surface area contributed by atoms with Gasteiger partial charge >= 0.3 is 5.97 Å². The van der Waals surface area contributed by atoms with Crippen molar-refractivity contribution in [1.29, 1.82) is 0 Å². The predicted molar refractivity (Wildman–Crippen MR) is 76.8 cm³/mol. The number of amides is 1.